The molecule has 0 unspecified atom stereocenters. The van der Waals surface area contributed by atoms with Crippen molar-refractivity contribution < 1.29 is 4.79 Å². The second-order valence-corrected chi connectivity index (χ2v) is 7.11. The molecular formula is C16H20N4OS. The third kappa shape index (κ3) is 2.68. The molecule has 2 amide bonds. The van der Waals surface area contributed by atoms with Gasteiger partial charge in [-0.2, -0.15) is 0 Å². The monoisotopic (exact) mass is 316 g/mol. The van der Waals surface area contributed by atoms with Gasteiger partial charge < -0.3 is 5.32 Å². The fourth-order valence-electron chi connectivity index (χ4n) is 3.64. The van der Waals surface area contributed by atoms with E-state index in [0.717, 1.165) is 23.2 Å². The third-order valence-corrected chi connectivity index (χ3v) is 5.64. The number of carbonyl (C=O) groups is 1. The van der Waals surface area contributed by atoms with Gasteiger partial charge in [0.15, 0.2) is 5.13 Å². The highest BCUT2D eigenvalue weighted by Crippen LogP contribution is 2.28. The smallest absolute Gasteiger partial charge is 0.321 e. The highest BCUT2D eigenvalue weighted by atomic mass is 32.1. The molecule has 2 aromatic rings. The van der Waals surface area contributed by atoms with Crippen molar-refractivity contribution in [2.75, 3.05) is 18.4 Å². The second-order valence-electron chi connectivity index (χ2n) is 6.08. The van der Waals surface area contributed by atoms with E-state index in [0.29, 0.717) is 11.2 Å². The molecule has 5 nitrogen and oxygen atoms in total. The second kappa shape index (κ2) is 5.85. The maximum atomic E-state index is 12.2. The maximum absolute atomic E-state index is 12.2. The van der Waals surface area contributed by atoms with E-state index in [1.54, 1.807) is 0 Å². The molecule has 1 aromatic heterocycles. The van der Waals surface area contributed by atoms with E-state index >= 15 is 0 Å². The Kier molecular flexibility index (Phi) is 3.72. The molecule has 2 atom stereocenters. The van der Waals surface area contributed by atoms with Gasteiger partial charge in [0.25, 0.3) is 0 Å². The van der Waals surface area contributed by atoms with Gasteiger partial charge in [0.1, 0.15) is 0 Å². The van der Waals surface area contributed by atoms with Crippen molar-refractivity contribution in [2.45, 2.75) is 37.8 Å². The number of nitrogens with one attached hydrogen (secondary N) is 2. The lowest BCUT2D eigenvalue weighted by molar-refractivity contribution is 0.180. The molecular weight excluding hydrogens is 296 g/mol. The van der Waals surface area contributed by atoms with Crippen molar-refractivity contribution in [1.29, 1.82) is 0 Å². The summed E-state index contributed by atoms with van der Waals surface area (Å²) in [6, 6.07) is 8.60. The SMILES string of the molecule is O=C(Nc1nc2ccccc2s1)N[C@H]1CCN2CCCC[C@@H]12. The summed E-state index contributed by atoms with van der Waals surface area (Å²) in [7, 11) is 0. The number of nitrogens with zero attached hydrogens (tertiary/aromatic N) is 2. The van der Waals surface area contributed by atoms with Crippen molar-refractivity contribution in [2.24, 2.45) is 0 Å². The largest absolute Gasteiger partial charge is 0.333 e. The zero-order valence-corrected chi connectivity index (χ0v) is 13.2. The Labute approximate surface area is 133 Å². The number of fused-ring (bicyclic) bond motifs is 2. The molecule has 0 spiro atoms. The minimum atomic E-state index is -0.128. The number of urea groups is 1. The molecule has 6 heteroatoms. The van der Waals surface area contributed by atoms with E-state index in [-0.39, 0.29) is 12.1 Å². The normalized spacial score (nSPS) is 25.1. The van der Waals surface area contributed by atoms with Gasteiger partial charge in [0.2, 0.25) is 0 Å². The van der Waals surface area contributed by atoms with Crippen LogP contribution in [0.3, 0.4) is 0 Å². The Bertz CT molecular complexity index is 653. The van der Waals surface area contributed by atoms with Gasteiger partial charge in [-0.1, -0.05) is 29.9 Å². The summed E-state index contributed by atoms with van der Waals surface area (Å²) < 4.78 is 1.09. The molecule has 2 N–H and O–H groups in total. The first-order valence-electron chi connectivity index (χ1n) is 7.97. The molecule has 22 heavy (non-hydrogen) atoms. The average molecular weight is 316 g/mol. The number of thiazole rings is 1. The molecule has 116 valence electrons. The first-order valence-corrected chi connectivity index (χ1v) is 8.78. The van der Waals surface area contributed by atoms with Gasteiger partial charge in [-0.05, 0) is 37.9 Å². The predicted octanol–water partition coefficient (Wildman–Crippen LogP) is 3.04. The van der Waals surface area contributed by atoms with Gasteiger partial charge in [-0.3, -0.25) is 10.2 Å². The van der Waals surface area contributed by atoms with Crippen molar-refractivity contribution in [3.8, 4) is 0 Å². The molecule has 4 rings (SSSR count). The van der Waals surface area contributed by atoms with Crippen molar-refractivity contribution in [3.05, 3.63) is 24.3 Å². The van der Waals surface area contributed by atoms with Crippen LogP contribution in [0.2, 0.25) is 0 Å². The minimum Gasteiger partial charge on any atom is -0.333 e. The Hall–Kier alpha value is -1.66. The lowest BCUT2D eigenvalue weighted by atomic mass is 9.99. The van der Waals surface area contributed by atoms with Crippen LogP contribution in [0.15, 0.2) is 24.3 Å². The van der Waals surface area contributed by atoms with Crippen LogP contribution in [0.4, 0.5) is 9.93 Å². The van der Waals surface area contributed by atoms with Crippen LogP contribution in [0.5, 0.6) is 0 Å². The molecule has 0 radical (unpaired) electrons. The molecule has 2 saturated heterocycles. The molecule has 2 fully saturated rings. The summed E-state index contributed by atoms with van der Waals surface area (Å²) in [6.45, 7) is 2.29. The molecule has 0 bridgehead atoms. The lowest BCUT2D eigenvalue weighted by Gasteiger charge is -2.32. The van der Waals surface area contributed by atoms with E-state index in [4.69, 9.17) is 0 Å². The zero-order chi connectivity index (χ0) is 14.9. The molecule has 3 heterocycles. The van der Waals surface area contributed by atoms with Gasteiger partial charge in [0, 0.05) is 18.6 Å². The molecule has 1 aromatic carbocycles. The number of amides is 2. The van der Waals surface area contributed by atoms with Crippen LogP contribution in [0.25, 0.3) is 10.2 Å². The Morgan fingerprint density at radius 3 is 3.05 bits per heavy atom. The Balaban J connectivity index is 1.40. The summed E-state index contributed by atoms with van der Waals surface area (Å²) in [5, 5.41) is 6.70. The fourth-order valence-corrected chi connectivity index (χ4v) is 4.50. The Morgan fingerprint density at radius 1 is 1.23 bits per heavy atom. The minimum absolute atomic E-state index is 0.128. The maximum Gasteiger partial charge on any atom is 0.321 e. The molecule has 0 aliphatic carbocycles. The lowest BCUT2D eigenvalue weighted by Crippen LogP contribution is -2.47. The molecule has 2 aliphatic rings. The van der Waals surface area contributed by atoms with Crippen LogP contribution < -0.4 is 10.6 Å². The van der Waals surface area contributed by atoms with Gasteiger partial charge in [0.05, 0.1) is 10.2 Å². The van der Waals surface area contributed by atoms with Gasteiger partial charge >= 0.3 is 6.03 Å². The summed E-state index contributed by atoms with van der Waals surface area (Å²) in [4.78, 5) is 19.2. The van der Waals surface area contributed by atoms with Crippen LogP contribution >= 0.6 is 11.3 Å². The first-order chi connectivity index (χ1) is 10.8. The fraction of sp³-hybridized carbons (Fsp3) is 0.500. The number of benzene rings is 1. The number of rotatable bonds is 2. The topological polar surface area (TPSA) is 57.3 Å². The highest BCUT2D eigenvalue weighted by molar-refractivity contribution is 7.22. The van der Waals surface area contributed by atoms with E-state index in [2.05, 4.69) is 20.5 Å². The summed E-state index contributed by atoms with van der Waals surface area (Å²) >= 11 is 1.51. The summed E-state index contributed by atoms with van der Waals surface area (Å²) in [5.74, 6) is 0. The number of hydrogen-bond acceptors (Lipinski definition) is 4. The van der Waals surface area contributed by atoms with Gasteiger partial charge in [-0.25, -0.2) is 9.78 Å². The van der Waals surface area contributed by atoms with Gasteiger partial charge in [-0.15, -0.1) is 0 Å². The van der Waals surface area contributed by atoms with E-state index in [1.165, 1.54) is 37.1 Å². The molecule has 0 saturated carbocycles. The van der Waals surface area contributed by atoms with E-state index in [1.807, 2.05) is 24.3 Å². The van der Waals surface area contributed by atoms with Crippen LogP contribution in [0.1, 0.15) is 25.7 Å². The summed E-state index contributed by atoms with van der Waals surface area (Å²) in [6.07, 6.45) is 4.82. The number of para-hydroxylation sites is 1. The summed E-state index contributed by atoms with van der Waals surface area (Å²) in [5.41, 5.74) is 0.933. The predicted molar refractivity (Wildman–Crippen MR) is 89.4 cm³/mol. The third-order valence-electron chi connectivity index (χ3n) is 4.69. The van der Waals surface area contributed by atoms with E-state index < -0.39 is 0 Å². The number of carbonyl (C=O) groups excluding carboxylic acids is 1. The quantitative estimate of drug-likeness (QED) is 0.895. The highest BCUT2D eigenvalue weighted by Gasteiger charge is 2.36. The average Bonchev–Trinajstić information content (AvgIpc) is 3.11. The zero-order valence-electron chi connectivity index (χ0n) is 12.4. The van der Waals surface area contributed by atoms with Crippen LogP contribution in [-0.2, 0) is 0 Å². The number of aromatic nitrogens is 1. The standard InChI is InChI=1S/C16H20N4OS/c21-15(17-11-8-10-20-9-4-3-6-13(11)20)19-16-18-12-5-1-2-7-14(12)22-16/h1-2,5,7,11,13H,3-4,6,8-10H2,(H2,17,18,19,21)/t11-,13-/m0/s1. The van der Waals surface area contributed by atoms with Crippen molar-refractivity contribution >= 4 is 32.7 Å². The van der Waals surface area contributed by atoms with Crippen LogP contribution in [0, 0.1) is 0 Å². The number of anilines is 1. The number of piperidine rings is 1. The van der Waals surface area contributed by atoms with Crippen LogP contribution in [-0.4, -0.2) is 41.1 Å². The Morgan fingerprint density at radius 2 is 2.14 bits per heavy atom. The number of hydrogen-bond donors (Lipinski definition) is 2. The van der Waals surface area contributed by atoms with Crippen molar-refractivity contribution in [1.82, 2.24) is 15.2 Å². The molecule has 2 aliphatic heterocycles. The van der Waals surface area contributed by atoms with E-state index in [9.17, 15) is 4.79 Å². The first kappa shape index (κ1) is 14.0. The van der Waals surface area contributed by atoms with Crippen molar-refractivity contribution in [3.63, 3.8) is 0 Å².